The number of aryl methyl sites for hydroxylation is 2. The van der Waals surface area contributed by atoms with Crippen LogP contribution in [0.5, 0.6) is 0 Å². The summed E-state index contributed by atoms with van der Waals surface area (Å²) >= 11 is 0. The Morgan fingerprint density at radius 1 is 1.29 bits per heavy atom. The van der Waals surface area contributed by atoms with Crippen LogP contribution in [0.4, 0.5) is 22.1 Å². The third-order valence-electron chi connectivity index (χ3n) is 3.69. The molecule has 2 rings (SSSR count). The van der Waals surface area contributed by atoms with Gasteiger partial charge in [0.1, 0.15) is 11.6 Å². The number of amides is 1. The number of pyridine rings is 1. The Morgan fingerprint density at radius 2 is 2.04 bits per heavy atom. The van der Waals surface area contributed by atoms with Gasteiger partial charge in [-0.25, -0.2) is 9.78 Å². The van der Waals surface area contributed by atoms with Crippen molar-refractivity contribution in [2.75, 3.05) is 23.0 Å². The molecule has 0 saturated heterocycles. The highest BCUT2D eigenvalue weighted by Crippen LogP contribution is 2.24. The van der Waals surface area contributed by atoms with Gasteiger partial charge >= 0.3 is 6.09 Å². The monoisotopic (exact) mass is 328 g/mol. The van der Waals surface area contributed by atoms with Crippen molar-refractivity contribution in [1.29, 1.82) is 0 Å². The average Bonchev–Trinajstić information content (AvgIpc) is 2.50. The molecular weight excluding hydrogens is 304 g/mol. The average molecular weight is 328 g/mol. The van der Waals surface area contributed by atoms with Crippen LogP contribution in [0.15, 0.2) is 30.3 Å². The van der Waals surface area contributed by atoms with E-state index in [1.54, 1.807) is 19.1 Å². The number of carbonyl (C=O) groups excluding carboxylic acids is 1. The summed E-state index contributed by atoms with van der Waals surface area (Å²) in [5, 5.41) is 5.89. The normalized spacial score (nSPS) is 11.7. The maximum absolute atomic E-state index is 11.4. The van der Waals surface area contributed by atoms with Crippen molar-refractivity contribution in [3.63, 3.8) is 0 Å². The number of hydrogen-bond acceptors (Lipinski definition) is 5. The van der Waals surface area contributed by atoms with Gasteiger partial charge < -0.3 is 15.8 Å². The highest BCUT2D eigenvalue weighted by Gasteiger charge is 2.11. The molecule has 1 heterocycles. The van der Waals surface area contributed by atoms with Gasteiger partial charge in [-0.15, -0.1) is 0 Å². The van der Waals surface area contributed by atoms with E-state index in [1.165, 1.54) is 16.7 Å². The summed E-state index contributed by atoms with van der Waals surface area (Å²) in [6, 6.07) is 9.92. The quantitative estimate of drug-likeness (QED) is 0.771. The maximum atomic E-state index is 11.4. The zero-order valence-electron chi connectivity index (χ0n) is 14.5. The summed E-state index contributed by atoms with van der Waals surface area (Å²) < 4.78 is 4.83. The van der Waals surface area contributed by atoms with Crippen molar-refractivity contribution in [1.82, 2.24) is 4.98 Å². The van der Waals surface area contributed by atoms with Crippen molar-refractivity contribution in [2.45, 2.75) is 33.7 Å². The lowest BCUT2D eigenvalue weighted by Gasteiger charge is -2.18. The minimum Gasteiger partial charge on any atom is -0.450 e. The number of benzene rings is 1. The topological polar surface area (TPSA) is 89.3 Å². The number of nitrogen functional groups attached to an aromatic ring is 1. The van der Waals surface area contributed by atoms with Crippen LogP contribution in [0.25, 0.3) is 0 Å². The molecule has 6 heteroatoms. The Balaban J connectivity index is 2.10. The predicted molar refractivity (Wildman–Crippen MR) is 97.2 cm³/mol. The van der Waals surface area contributed by atoms with Gasteiger partial charge in [0.2, 0.25) is 0 Å². The van der Waals surface area contributed by atoms with Crippen LogP contribution >= 0.6 is 0 Å². The van der Waals surface area contributed by atoms with E-state index in [2.05, 4.69) is 54.6 Å². The van der Waals surface area contributed by atoms with Gasteiger partial charge in [-0.3, -0.25) is 5.32 Å². The third kappa shape index (κ3) is 4.38. The first-order valence-corrected chi connectivity index (χ1v) is 7.94. The summed E-state index contributed by atoms with van der Waals surface area (Å²) in [6.07, 6.45) is -0.546. The molecule has 0 bridgehead atoms. The molecule has 0 aliphatic heterocycles. The molecule has 1 atom stereocenters. The van der Waals surface area contributed by atoms with Crippen LogP contribution in [0.3, 0.4) is 0 Å². The lowest BCUT2D eigenvalue weighted by atomic mass is 10.0. The lowest BCUT2D eigenvalue weighted by molar-refractivity contribution is 0.168. The minimum atomic E-state index is -0.546. The second-order valence-corrected chi connectivity index (χ2v) is 5.70. The van der Waals surface area contributed by atoms with Crippen LogP contribution in [0.1, 0.15) is 36.6 Å². The van der Waals surface area contributed by atoms with Gasteiger partial charge in [-0.1, -0.05) is 23.8 Å². The number of nitrogens with two attached hydrogens (primary N) is 1. The van der Waals surface area contributed by atoms with Gasteiger partial charge in [0.15, 0.2) is 0 Å². The Labute approximate surface area is 142 Å². The number of nitrogens with zero attached hydrogens (tertiary/aromatic N) is 1. The number of carbonyl (C=O) groups is 1. The Bertz CT molecular complexity index is 731. The summed E-state index contributed by atoms with van der Waals surface area (Å²) in [5.74, 6) is 0.885. The Hall–Kier alpha value is -2.76. The molecule has 24 heavy (non-hydrogen) atoms. The van der Waals surface area contributed by atoms with E-state index in [4.69, 9.17) is 10.5 Å². The van der Waals surface area contributed by atoms with Gasteiger partial charge in [0.25, 0.3) is 0 Å². The fourth-order valence-corrected chi connectivity index (χ4v) is 2.55. The number of nitrogens with one attached hydrogen (secondary N) is 2. The molecule has 0 fully saturated rings. The molecule has 6 nitrogen and oxygen atoms in total. The summed E-state index contributed by atoms with van der Waals surface area (Å²) in [4.78, 5) is 15.7. The summed E-state index contributed by atoms with van der Waals surface area (Å²) in [7, 11) is 0. The van der Waals surface area contributed by atoms with E-state index in [-0.39, 0.29) is 11.9 Å². The molecule has 0 saturated carbocycles. The molecule has 4 N–H and O–H groups in total. The smallest absolute Gasteiger partial charge is 0.411 e. The second-order valence-electron chi connectivity index (χ2n) is 5.70. The number of rotatable bonds is 5. The molecule has 128 valence electrons. The lowest BCUT2D eigenvalue weighted by Crippen LogP contribution is -2.16. The highest BCUT2D eigenvalue weighted by molar-refractivity contribution is 5.88. The van der Waals surface area contributed by atoms with E-state index in [9.17, 15) is 4.79 Å². The standard InChI is InChI=1S/C18H24N4O2/c1-5-24-18(23)21-15-8-9-16(22-17(15)19)20-13(4)14-7-6-11(2)10-12(14)3/h6-10,13H,5H2,1-4H3,(H,21,23)(H3,19,20,22). The number of anilines is 3. The van der Waals surface area contributed by atoms with Gasteiger partial charge in [-0.05, 0) is 51.0 Å². The molecule has 1 aromatic heterocycles. The van der Waals surface area contributed by atoms with Crippen LogP contribution in [0.2, 0.25) is 0 Å². The minimum absolute atomic E-state index is 0.0846. The van der Waals surface area contributed by atoms with E-state index in [0.717, 1.165) is 0 Å². The van der Waals surface area contributed by atoms with E-state index >= 15 is 0 Å². The molecule has 1 unspecified atom stereocenters. The first kappa shape index (κ1) is 17.6. The summed E-state index contributed by atoms with van der Waals surface area (Å²) in [5.41, 5.74) is 10.0. The van der Waals surface area contributed by atoms with Crippen LogP contribution in [-0.2, 0) is 4.74 Å². The van der Waals surface area contributed by atoms with Crippen LogP contribution < -0.4 is 16.4 Å². The third-order valence-corrected chi connectivity index (χ3v) is 3.69. The first-order chi connectivity index (χ1) is 11.4. The van der Waals surface area contributed by atoms with Crippen LogP contribution in [0, 0.1) is 13.8 Å². The Kier molecular flexibility index (Phi) is 5.63. The molecule has 1 aromatic carbocycles. The Morgan fingerprint density at radius 3 is 2.67 bits per heavy atom. The molecule has 0 radical (unpaired) electrons. The van der Waals surface area contributed by atoms with Crippen molar-refractivity contribution >= 4 is 23.4 Å². The van der Waals surface area contributed by atoms with Gasteiger partial charge in [0.05, 0.1) is 18.3 Å². The van der Waals surface area contributed by atoms with Crippen molar-refractivity contribution in [3.8, 4) is 0 Å². The van der Waals surface area contributed by atoms with E-state index < -0.39 is 6.09 Å². The SMILES string of the molecule is CCOC(=O)Nc1ccc(NC(C)c2ccc(C)cc2C)nc1N. The molecule has 1 amide bonds. The maximum Gasteiger partial charge on any atom is 0.411 e. The first-order valence-electron chi connectivity index (χ1n) is 7.94. The van der Waals surface area contributed by atoms with Gasteiger partial charge in [0, 0.05) is 0 Å². The number of aromatic nitrogens is 1. The second kappa shape index (κ2) is 7.68. The van der Waals surface area contributed by atoms with Crippen molar-refractivity contribution in [2.24, 2.45) is 0 Å². The fraction of sp³-hybridized carbons (Fsp3) is 0.333. The van der Waals surface area contributed by atoms with Crippen LogP contribution in [-0.4, -0.2) is 17.7 Å². The van der Waals surface area contributed by atoms with E-state index in [0.29, 0.717) is 18.1 Å². The largest absolute Gasteiger partial charge is 0.450 e. The van der Waals surface area contributed by atoms with E-state index in [1.807, 2.05) is 0 Å². The fourth-order valence-electron chi connectivity index (χ4n) is 2.55. The molecule has 0 aliphatic rings. The van der Waals surface area contributed by atoms with Crippen molar-refractivity contribution < 1.29 is 9.53 Å². The van der Waals surface area contributed by atoms with Crippen molar-refractivity contribution in [3.05, 3.63) is 47.0 Å². The number of ether oxygens (including phenoxy) is 1. The highest BCUT2D eigenvalue weighted by atomic mass is 16.5. The zero-order valence-corrected chi connectivity index (χ0v) is 14.5. The molecule has 0 spiro atoms. The zero-order chi connectivity index (χ0) is 17.7. The molecule has 2 aromatic rings. The summed E-state index contributed by atoms with van der Waals surface area (Å²) in [6.45, 7) is 8.27. The molecular formula is C18H24N4O2. The number of hydrogen-bond donors (Lipinski definition) is 3. The predicted octanol–water partition coefficient (Wildman–Crippen LogP) is 4.02. The van der Waals surface area contributed by atoms with Gasteiger partial charge in [-0.2, -0.15) is 0 Å². The molecule has 0 aliphatic carbocycles.